The molecule has 0 spiro atoms. The molecule has 0 saturated carbocycles. The second kappa shape index (κ2) is 11.6. The van der Waals surface area contributed by atoms with Crippen LogP contribution in [0, 0.1) is 0 Å². The van der Waals surface area contributed by atoms with Crippen LogP contribution in [-0.2, 0) is 0 Å². The fourth-order valence-electron chi connectivity index (χ4n) is 8.89. The SMILES string of the molecule is c1ccc2c(-c3ccc(-n4c5c(-c6ccc7oc8ccccc8c7c6)cccc5c5cccc(-c6ccc7oc8ccccc8c7c6)c54)cc3)cccc2c1. The molecular weight excluding hydrogens is 671 g/mol. The Morgan fingerprint density at radius 3 is 1.33 bits per heavy atom. The van der Waals surface area contributed by atoms with Crippen LogP contribution in [0.15, 0.2) is 197 Å². The summed E-state index contributed by atoms with van der Waals surface area (Å²) in [6.45, 7) is 0. The van der Waals surface area contributed by atoms with Gasteiger partial charge in [-0.05, 0) is 81.6 Å². The summed E-state index contributed by atoms with van der Waals surface area (Å²) in [4.78, 5) is 0. The van der Waals surface area contributed by atoms with Crippen LogP contribution in [0.25, 0.3) is 116 Å². The van der Waals surface area contributed by atoms with Gasteiger partial charge in [0.2, 0.25) is 0 Å². The maximum absolute atomic E-state index is 6.25. The van der Waals surface area contributed by atoms with Gasteiger partial charge < -0.3 is 13.4 Å². The Morgan fingerprint density at radius 2 is 0.727 bits per heavy atom. The number of rotatable bonds is 4. The second-order valence-electron chi connectivity index (χ2n) is 14.4. The molecule has 12 aromatic rings. The number of benzene rings is 9. The molecule has 3 nitrogen and oxygen atoms in total. The van der Waals surface area contributed by atoms with E-state index >= 15 is 0 Å². The molecule has 0 radical (unpaired) electrons. The van der Waals surface area contributed by atoms with Crippen LogP contribution < -0.4 is 0 Å². The molecule has 256 valence electrons. The van der Waals surface area contributed by atoms with Crippen LogP contribution >= 0.6 is 0 Å². The van der Waals surface area contributed by atoms with Gasteiger partial charge in [0.25, 0.3) is 0 Å². The number of furan rings is 2. The molecule has 3 aromatic heterocycles. The maximum Gasteiger partial charge on any atom is 0.135 e. The smallest absolute Gasteiger partial charge is 0.135 e. The highest BCUT2D eigenvalue weighted by Crippen LogP contribution is 2.44. The lowest BCUT2D eigenvalue weighted by Gasteiger charge is -2.15. The lowest BCUT2D eigenvalue weighted by atomic mass is 9.98. The largest absolute Gasteiger partial charge is 0.456 e. The Kier molecular flexibility index (Phi) is 6.34. The molecule has 0 amide bonds. The molecule has 9 aromatic carbocycles. The van der Waals surface area contributed by atoms with E-state index in [1.54, 1.807) is 0 Å². The molecule has 3 heterocycles. The number of aromatic nitrogens is 1. The summed E-state index contributed by atoms with van der Waals surface area (Å²) in [5.41, 5.74) is 14.1. The molecule has 0 aliphatic carbocycles. The highest BCUT2D eigenvalue weighted by atomic mass is 16.3. The number of hydrogen-bond donors (Lipinski definition) is 0. The van der Waals surface area contributed by atoms with E-state index in [0.717, 1.165) is 60.7 Å². The minimum absolute atomic E-state index is 0.895. The molecule has 0 saturated heterocycles. The monoisotopic (exact) mass is 701 g/mol. The number of hydrogen-bond acceptors (Lipinski definition) is 2. The van der Waals surface area contributed by atoms with Crippen molar-refractivity contribution in [2.75, 3.05) is 0 Å². The summed E-state index contributed by atoms with van der Waals surface area (Å²) >= 11 is 0. The van der Waals surface area contributed by atoms with Crippen LogP contribution in [0.1, 0.15) is 0 Å². The zero-order valence-electron chi connectivity index (χ0n) is 29.7. The standard InChI is InChI=1S/C52H31NO2/c1-2-12-37-32(10-1)11-7-15-38(37)33-22-26-36(27-23-33)53-51-39(34-24-28-49-45(30-34)41-13-3-5-20-47(41)54-49)16-8-18-43(51)44-19-9-17-40(52(44)53)35-25-29-50-46(31-35)42-14-4-6-21-48(42)55-50/h1-31H. The van der Waals surface area contributed by atoms with Crippen LogP contribution in [0.4, 0.5) is 0 Å². The fraction of sp³-hybridized carbons (Fsp3) is 0. The first-order valence-corrected chi connectivity index (χ1v) is 18.7. The quantitative estimate of drug-likeness (QED) is 0.183. The average Bonchev–Trinajstić information content (AvgIpc) is 3.93. The molecule has 0 unspecified atom stereocenters. The van der Waals surface area contributed by atoms with Gasteiger partial charge in [-0.3, -0.25) is 0 Å². The molecule has 3 heteroatoms. The second-order valence-corrected chi connectivity index (χ2v) is 14.4. The molecule has 0 bridgehead atoms. The van der Waals surface area contributed by atoms with E-state index < -0.39 is 0 Å². The first kappa shape index (κ1) is 30.1. The van der Waals surface area contributed by atoms with Crippen LogP contribution in [-0.4, -0.2) is 4.57 Å². The van der Waals surface area contributed by atoms with Crippen molar-refractivity contribution in [3.63, 3.8) is 0 Å². The van der Waals surface area contributed by atoms with Gasteiger partial charge in [0.15, 0.2) is 0 Å². The Labute approximate surface area is 315 Å². The minimum atomic E-state index is 0.895. The third kappa shape index (κ3) is 4.50. The Hall–Kier alpha value is -7.36. The van der Waals surface area contributed by atoms with E-state index in [1.807, 2.05) is 24.3 Å². The third-order valence-corrected chi connectivity index (χ3v) is 11.4. The number of fused-ring (bicyclic) bond motifs is 10. The van der Waals surface area contributed by atoms with E-state index in [-0.39, 0.29) is 0 Å². The summed E-state index contributed by atoms with van der Waals surface area (Å²) in [5, 5.41) is 9.40. The van der Waals surface area contributed by atoms with Crippen molar-refractivity contribution in [2.45, 2.75) is 0 Å². The van der Waals surface area contributed by atoms with Crippen LogP contribution in [0.2, 0.25) is 0 Å². The van der Waals surface area contributed by atoms with Crippen molar-refractivity contribution in [2.24, 2.45) is 0 Å². The van der Waals surface area contributed by atoms with Gasteiger partial charge in [0.05, 0.1) is 11.0 Å². The van der Waals surface area contributed by atoms with Gasteiger partial charge in [0, 0.05) is 49.1 Å². The highest BCUT2D eigenvalue weighted by molar-refractivity contribution is 6.18. The maximum atomic E-state index is 6.25. The zero-order chi connectivity index (χ0) is 36.0. The summed E-state index contributed by atoms with van der Waals surface area (Å²) < 4.78 is 15.0. The van der Waals surface area contributed by atoms with E-state index in [4.69, 9.17) is 8.83 Å². The fourth-order valence-corrected chi connectivity index (χ4v) is 8.89. The van der Waals surface area contributed by atoms with Gasteiger partial charge in [-0.25, -0.2) is 0 Å². The minimum Gasteiger partial charge on any atom is -0.456 e. The highest BCUT2D eigenvalue weighted by Gasteiger charge is 2.21. The molecule has 12 rings (SSSR count). The molecular formula is C52H31NO2. The molecule has 0 atom stereocenters. The summed E-state index contributed by atoms with van der Waals surface area (Å²) in [7, 11) is 0. The van der Waals surface area contributed by atoms with Gasteiger partial charge in [-0.15, -0.1) is 0 Å². The molecule has 0 aliphatic rings. The molecule has 0 aliphatic heterocycles. The van der Waals surface area contributed by atoms with Crippen molar-refractivity contribution in [3.8, 4) is 39.1 Å². The lowest BCUT2D eigenvalue weighted by Crippen LogP contribution is -1.97. The molecule has 55 heavy (non-hydrogen) atoms. The molecule has 0 fully saturated rings. The van der Waals surface area contributed by atoms with Crippen molar-refractivity contribution >= 4 is 76.5 Å². The van der Waals surface area contributed by atoms with E-state index in [1.165, 1.54) is 54.8 Å². The predicted molar refractivity (Wildman–Crippen MR) is 229 cm³/mol. The summed E-state index contributed by atoms with van der Waals surface area (Å²) in [5.74, 6) is 0. The third-order valence-electron chi connectivity index (χ3n) is 11.4. The van der Waals surface area contributed by atoms with Crippen molar-refractivity contribution in [1.29, 1.82) is 0 Å². The van der Waals surface area contributed by atoms with E-state index in [0.29, 0.717) is 0 Å². The molecule has 0 N–H and O–H groups in total. The first-order valence-electron chi connectivity index (χ1n) is 18.7. The Balaban J connectivity index is 1.14. The predicted octanol–water partition coefficient (Wildman–Crippen LogP) is 14.7. The number of para-hydroxylation sites is 4. The lowest BCUT2D eigenvalue weighted by molar-refractivity contribution is 0.668. The summed E-state index contributed by atoms with van der Waals surface area (Å²) in [6.07, 6.45) is 0. The number of nitrogens with zero attached hydrogens (tertiary/aromatic N) is 1. The van der Waals surface area contributed by atoms with E-state index in [2.05, 4.69) is 168 Å². The first-order chi connectivity index (χ1) is 27.3. The van der Waals surface area contributed by atoms with Crippen LogP contribution in [0.5, 0.6) is 0 Å². The van der Waals surface area contributed by atoms with Crippen LogP contribution in [0.3, 0.4) is 0 Å². The zero-order valence-corrected chi connectivity index (χ0v) is 29.7. The van der Waals surface area contributed by atoms with Gasteiger partial charge in [-0.2, -0.15) is 0 Å². The average molecular weight is 702 g/mol. The normalized spacial score (nSPS) is 12.0. The summed E-state index contributed by atoms with van der Waals surface area (Å²) in [6, 6.07) is 67.5. The Morgan fingerprint density at radius 1 is 0.291 bits per heavy atom. The van der Waals surface area contributed by atoms with Gasteiger partial charge in [0.1, 0.15) is 22.3 Å². The van der Waals surface area contributed by atoms with Gasteiger partial charge >= 0.3 is 0 Å². The van der Waals surface area contributed by atoms with Crippen molar-refractivity contribution < 1.29 is 8.83 Å². The Bertz CT molecular complexity index is 3310. The van der Waals surface area contributed by atoms with Crippen molar-refractivity contribution in [3.05, 3.63) is 188 Å². The topological polar surface area (TPSA) is 31.2 Å². The van der Waals surface area contributed by atoms with Gasteiger partial charge in [-0.1, -0.05) is 140 Å². The van der Waals surface area contributed by atoms with E-state index in [9.17, 15) is 0 Å². The van der Waals surface area contributed by atoms with Crippen molar-refractivity contribution in [1.82, 2.24) is 4.57 Å².